The summed E-state index contributed by atoms with van der Waals surface area (Å²) in [6.45, 7) is 0.968. The van der Waals surface area contributed by atoms with Crippen molar-refractivity contribution < 1.29 is 32.2 Å². The van der Waals surface area contributed by atoms with E-state index in [9.17, 15) is 18.0 Å². The lowest BCUT2D eigenvalue weighted by Crippen LogP contribution is -2.46. The summed E-state index contributed by atoms with van der Waals surface area (Å²) in [6.07, 6.45) is -1.22. The molecule has 1 amide bonds. The minimum atomic E-state index is -4.69. The van der Waals surface area contributed by atoms with E-state index in [1.807, 2.05) is 4.90 Å². The number of amides is 1. The molecule has 0 saturated carbocycles. The zero-order valence-electron chi connectivity index (χ0n) is 16.7. The molecule has 2 aromatic carbocycles. The van der Waals surface area contributed by atoms with Crippen LogP contribution in [0.3, 0.4) is 0 Å². The van der Waals surface area contributed by atoms with Gasteiger partial charge in [0.05, 0.1) is 0 Å². The van der Waals surface area contributed by atoms with Crippen LogP contribution >= 0.6 is 0 Å². The van der Waals surface area contributed by atoms with E-state index in [0.717, 1.165) is 31.2 Å². The highest BCUT2D eigenvalue weighted by Crippen LogP contribution is 2.44. The van der Waals surface area contributed by atoms with Gasteiger partial charge in [-0.1, -0.05) is 12.1 Å². The molecule has 0 aliphatic carbocycles. The molecule has 2 saturated heterocycles. The fourth-order valence-electron chi connectivity index (χ4n) is 5.05. The Morgan fingerprint density at radius 1 is 0.935 bits per heavy atom. The zero-order chi connectivity index (χ0) is 21.6. The smallest absolute Gasteiger partial charge is 0.486 e. The highest BCUT2D eigenvalue weighted by atomic mass is 19.4. The monoisotopic (exact) mass is 433 g/mol. The fourth-order valence-corrected chi connectivity index (χ4v) is 5.05. The lowest BCUT2D eigenvalue weighted by molar-refractivity contribution is -0.274. The number of alkyl halides is 3. The number of ether oxygens (including phenoxy) is 3. The van der Waals surface area contributed by atoms with Gasteiger partial charge in [-0.2, -0.15) is 0 Å². The van der Waals surface area contributed by atoms with E-state index in [4.69, 9.17) is 9.47 Å². The largest absolute Gasteiger partial charge is 0.573 e. The molecule has 2 bridgehead atoms. The minimum absolute atomic E-state index is 0.00292. The second kappa shape index (κ2) is 7.66. The Balaban J connectivity index is 1.29. The molecular formula is C23H22F3NO4. The topological polar surface area (TPSA) is 48.0 Å². The third-order valence-corrected chi connectivity index (χ3v) is 6.34. The molecule has 0 aromatic heterocycles. The molecular weight excluding hydrogens is 411 g/mol. The molecule has 0 N–H and O–H groups in total. The summed E-state index contributed by atoms with van der Waals surface area (Å²) in [6, 6.07) is 11.7. The Labute approximate surface area is 177 Å². The van der Waals surface area contributed by atoms with Gasteiger partial charge in [0.15, 0.2) is 11.5 Å². The number of hydrogen-bond donors (Lipinski definition) is 0. The molecule has 5 nitrogen and oxygen atoms in total. The molecule has 0 spiro atoms. The molecule has 3 aliphatic rings. The Bertz CT molecular complexity index is 962. The average molecular weight is 433 g/mol. The Hall–Kier alpha value is -2.90. The van der Waals surface area contributed by atoms with Crippen LogP contribution < -0.4 is 14.2 Å². The van der Waals surface area contributed by atoms with Crippen LogP contribution in [0, 0.1) is 0 Å². The summed E-state index contributed by atoms with van der Waals surface area (Å²) < 4.78 is 52.3. The molecule has 164 valence electrons. The molecule has 3 aliphatic heterocycles. The van der Waals surface area contributed by atoms with Crippen LogP contribution in [-0.4, -0.2) is 42.5 Å². The summed E-state index contributed by atoms with van der Waals surface area (Å²) in [5.41, 5.74) is 1.58. The first-order valence-corrected chi connectivity index (χ1v) is 10.5. The molecule has 3 atom stereocenters. The van der Waals surface area contributed by atoms with Gasteiger partial charge < -0.3 is 19.1 Å². The van der Waals surface area contributed by atoms with Crippen LogP contribution in [0.25, 0.3) is 0 Å². The van der Waals surface area contributed by atoms with Gasteiger partial charge in [-0.3, -0.25) is 4.79 Å². The van der Waals surface area contributed by atoms with Gasteiger partial charge in [-0.05, 0) is 67.5 Å². The molecule has 1 unspecified atom stereocenters. The van der Waals surface area contributed by atoms with E-state index in [1.165, 1.54) is 12.1 Å². The molecule has 0 radical (unpaired) electrons. The van der Waals surface area contributed by atoms with E-state index in [-0.39, 0.29) is 29.7 Å². The van der Waals surface area contributed by atoms with Crippen LogP contribution in [0.5, 0.6) is 17.2 Å². The summed E-state index contributed by atoms with van der Waals surface area (Å²) in [5.74, 6) is 1.24. The van der Waals surface area contributed by atoms with Crippen molar-refractivity contribution in [3.05, 3.63) is 53.6 Å². The van der Waals surface area contributed by atoms with Gasteiger partial charge in [0.2, 0.25) is 0 Å². The van der Waals surface area contributed by atoms with Crippen molar-refractivity contribution in [3.8, 4) is 17.2 Å². The summed E-state index contributed by atoms with van der Waals surface area (Å²) in [7, 11) is 0. The van der Waals surface area contributed by atoms with Crippen molar-refractivity contribution >= 4 is 5.91 Å². The zero-order valence-corrected chi connectivity index (χ0v) is 16.7. The summed E-state index contributed by atoms with van der Waals surface area (Å²) >= 11 is 0. The predicted molar refractivity (Wildman–Crippen MR) is 106 cm³/mol. The number of benzene rings is 2. The number of nitrogens with zero attached hydrogens (tertiary/aromatic N) is 1. The maximum Gasteiger partial charge on any atom is 0.573 e. The molecule has 3 heterocycles. The normalized spacial score (nSPS) is 24.7. The number of halogens is 3. The van der Waals surface area contributed by atoms with Crippen molar-refractivity contribution in [1.82, 2.24) is 4.90 Å². The third kappa shape index (κ3) is 4.03. The van der Waals surface area contributed by atoms with Gasteiger partial charge in [-0.15, -0.1) is 13.2 Å². The first-order chi connectivity index (χ1) is 14.9. The molecule has 2 aromatic rings. The highest BCUT2D eigenvalue weighted by Gasteiger charge is 2.44. The fraction of sp³-hybridized carbons (Fsp3) is 0.435. The summed E-state index contributed by atoms with van der Waals surface area (Å²) in [5, 5.41) is 0. The molecule has 2 fully saturated rings. The van der Waals surface area contributed by atoms with Gasteiger partial charge >= 0.3 is 6.36 Å². The molecule has 5 rings (SSSR count). The predicted octanol–water partition coefficient (Wildman–Crippen LogP) is 4.91. The second-order valence-electron chi connectivity index (χ2n) is 8.24. The maximum absolute atomic E-state index is 13.3. The standard InChI is InChI=1S/C23H22F3NO4/c24-23(25,26)31-19-6-1-14(2-7-19)16-11-17-4-5-18(12-16)27(17)22(28)15-3-8-20-21(13-15)30-10-9-29-20/h1-3,6-8,13,16-18H,4-5,9-12H2/t16?,17-,18+. The number of fused-ring (bicyclic) bond motifs is 3. The number of rotatable bonds is 3. The lowest BCUT2D eigenvalue weighted by Gasteiger charge is -2.39. The number of piperidine rings is 1. The van der Waals surface area contributed by atoms with Crippen molar-refractivity contribution in [2.24, 2.45) is 0 Å². The van der Waals surface area contributed by atoms with E-state index < -0.39 is 6.36 Å². The molecule has 31 heavy (non-hydrogen) atoms. The SMILES string of the molecule is O=C(c1ccc2c(c1)OCCO2)N1[C@@H]2CC[C@H]1CC(c1ccc(OC(F)(F)F)cc1)C2. The third-order valence-electron chi connectivity index (χ3n) is 6.34. The van der Waals surface area contributed by atoms with Crippen molar-refractivity contribution in [1.29, 1.82) is 0 Å². The van der Waals surface area contributed by atoms with Crippen molar-refractivity contribution in [3.63, 3.8) is 0 Å². The lowest BCUT2D eigenvalue weighted by atomic mass is 9.84. The van der Waals surface area contributed by atoms with Crippen LogP contribution in [0.15, 0.2) is 42.5 Å². The van der Waals surface area contributed by atoms with E-state index in [0.29, 0.717) is 30.3 Å². The number of carbonyl (C=O) groups is 1. The van der Waals surface area contributed by atoms with Gasteiger partial charge in [0.25, 0.3) is 5.91 Å². The van der Waals surface area contributed by atoms with Crippen LogP contribution in [0.1, 0.15) is 47.5 Å². The molecule has 8 heteroatoms. The van der Waals surface area contributed by atoms with Gasteiger partial charge in [-0.25, -0.2) is 0 Å². The van der Waals surface area contributed by atoms with Crippen molar-refractivity contribution in [2.75, 3.05) is 13.2 Å². The Kier molecular flexibility index (Phi) is 4.95. The average Bonchev–Trinajstić information content (AvgIpc) is 3.01. The van der Waals surface area contributed by atoms with Crippen LogP contribution in [0.2, 0.25) is 0 Å². The number of hydrogen-bond acceptors (Lipinski definition) is 4. The van der Waals surface area contributed by atoms with Crippen LogP contribution in [0.4, 0.5) is 13.2 Å². The van der Waals surface area contributed by atoms with E-state index in [2.05, 4.69) is 4.74 Å². The van der Waals surface area contributed by atoms with E-state index >= 15 is 0 Å². The van der Waals surface area contributed by atoms with Gasteiger partial charge in [0.1, 0.15) is 19.0 Å². The highest BCUT2D eigenvalue weighted by molar-refractivity contribution is 5.95. The Morgan fingerprint density at radius 3 is 2.23 bits per heavy atom. The first-order valence-electron chi connectivity index (χ1n) is 10.5. The van der Waals surface area contributed by atoms with E-state index in [1.54, 1.807) is 30.3 Å². The minimum Gasteiger partial charge on any atom is -0.486 e. The van der Waals surface area contributed by atoms with Crippen molar-refractivity contribution in [2.45, 2.75) is 50.0 Å². The van der Waals surface area contributed by atoms with Crippen LogP contribution in [-0.2, 0) is 0 Å². The van der Waals surface area contributed by atoms with Gasteiger partial charge in [0, 0.05) is 17.6 Å². The summed E-state index contributed by atoms with van der Waals surface area (Å²) in [4.78, 5) is 15.3. The first kappa shape index (κ1) is 20.0. The second-order valence-corrected chi connectivity index (χ2v) is 8.24. The number of carbonyl (C=O) groups excluding carboxylic acids is 1. The quantitative estimate of drug-likeness (QED) is 0.691. The maximum atomic E-state index is 13.3. The Morgan fingerprint density at radius 2 is 1.58 bits per heavy atom.